The van der Waals surface area contributed by atoms with Gasteiger partial charge in [0.15, 0.2) is 0 Å². The molecule has 8 nitrogen and oxygen atoms in total. The van der Waals surface area contributed by atoms with Crippen LogP contribution in [0.25, 0.3) is 11.8 Å². The van der Waals surface area contributed by atoms with Gasteiger partial charge in [0.25, 0.3) is 11.8 Å². The van der Waals surface area contributed by atoms with Crippen molar-refractivity contribution in [3.05, 3.63) is 87.7 Å². The molecule has 1 saturated heterocycles. The molecule has 8 heteroatoms. The van der Waals surface area contributed by atoms with Gasteiger partial charge >= 0.3 is 12.0 Å². The summed E-state index contributed by atoms with van der Waals surface area (Å²) in [5.74, 6) is -2.51. The van der Waals surface area contributed by atoms with Gasteiger partial charge in [0.05, 0.1) is 11.3 Å². The molecule has 1 fully saturated rings. The molecule has 0 atom stereocenters. The molecule has 0 saturated carbocycles. The average Bonchev–Trinajstić information content (AvgIpc) is 3.05. The molecule has 4 rings (SSSR count). The van der Waals surface area contributed by atoms with E-state index in [0.717, 1.165) is 21.9 Å². The third kappa shape index (κ3) is 3.79. The number of imide groups is 2. The Morgan fingerprint density at radius 3 is 2.29 bits per heavy atom. The van der Waals surface area contributed by atoms with E-state index in [1.54, 1.807) is 43.3 Å². The van der Waals surface area contributed by atoms with E-state index in [0.29, 0.717) is 22.5 Å². The van der Waals surface area contributed by atoms with E-state index in [9.17, 15) is 24.3 Å². The molecule has 2 aromatic carbocycles. The van der Waals surface area contributed by atoms with E-state index in [2.05, 4.69) is 5.32 Å². The van der Waals surface area contributed by atoms with Crippen molar-refractivity contribution in [2.75, 3.05) is 4.90 Å². The first-order valence-corrected chi connectivity index (χ1v) is 10.6. The number of nitrogens with one attached hydrogen (secondary N) is 1. The number of carboxylic acid groups (broad SMARTS) is 1. The highest BCUT2D eigenvalue weighted by Crippen LogP contribution is 2.28. The van der Waals surface area contributed by atoms with Gasteiger partial charge in [-0.25, -0.2) is 14.5 Å². The summed E-state index contributed by atoms with van der Waals surface area (Å²) in [6.07, 6.45) is 1.46. The maximum atomic E-state index is 13.2. The Morgan fingerprint density at radius 1 is 0.971 bits per heavy atom. The number of nitrogens with zero attached hydrogens (tertiary/aromatic N) is 2. The van der Waals surface area contributed by atoms with Crippen LogP contribution in [0.4, 0.5) is 10.5 Å². The number of aryl methyl sites for hydroxylation is 2. The number of benzene rings is 2. The number of carboxylic acids is 1. The largest absolute Gasteiger partial charge is 0.478 e. The molecule has 0 radical (unpaired) electrons. The number of barbiturate groups is 1. The number of urea groups is 1. The number of aromatic carboxylic acids is 1. The highest BCUT2D eigenvalue weighted by molar-refractivity contribution is 6.39. The van der Waals surface area contributed by atoms with Crippen molar-refractivity contribution in [3.63, 3.8) is 0 Å². The van der Waals surface area contributed by atoms with Gasteiger partial charge in [-0.15, -0.1) is 0 Å². The number of carbonyl (C=O) groups excluding carboxylic acids is 3. The molecular formula is C26H23N3O5. The number of hydrogen-bond donors (Lipinski definition) is 2. The Bertz CT molecular complexity index is 1400. The lowest BCUT2D eigenvalue weighted by Crippen LogP contribution is -2.54. The van der Waals surface area contributed by atoms with Crippen LogP contribution in [-0.2, 0) is 9.59 Å². The number of hydrogen-bond acceptors (Lipinski definition) is 4. The number of anilines is 1. The molecule has 1 aromatic heterocycles. The zero-order valence-corrected chi connectivity index (χ0v) is 19.2. The van der Waals surface area contributed by atoms with Crippen LogP contribution in [-0.4, -0.2) is 33.5 Å². The number of carbonyl (C=O) groups is 4. The maximum Gasteiger partial charge on any atom is 0.336 e. The minimum Gasteiger partial charge on any atom is -0.478 e. The van der Waals surface area contributed by atoms with Crippen molar-refractivity contribution in [1.82, 2.24) is 9.88 Å². The van der Waals surface area contributed by atoms with Crippen molar-refractivity contribution in [3.8, 4) is 5.69 Å². The van der Waals surface area contributed by atoms with Crippen LogP contribution in [0, 0.1) is 27.7 Å². The van der Waals surface area contributed by atoms with Crippen molar-refractivity contribution in [2.45, 2.75) is 27.7 Å². The van der Waals surface area contributed by atoms with Crippen LogP contribution in [0.1, 0.15) is 38.4 Å². The van der Waals surface area contributed by atoms with E-state index >= 15 is 0 Å². The molecular weight excluding hydrogens is 434 g/mol. The third-order valence-corrected chi connectivity index (χ3v) is 5.94. The molecule has 2 N–H and O–H groups in total. The van der Waals surface area contributed by atoms with Gasteiger partial charge < -0.3 is 9.67 Å². The summed E-state index contributed by atoms with van der Waals surface area (Å²) < 4.78 is 1.88. The predicted molar refractivity (Wildman–Crippen MR) is 127 cm³/mol. The van der Waals surface area contributed by atoms with Crippen LogP contribution in [0.2, 0.25) is 0 Å². The summed E-state index contributed by atoms with van der Waals surface area (Å²) in [7, 11) is 0. The third-order valence-electron chi connectivity index (χ3n) is 5.94. The van der Waals surface area contributed by atoms with E-state index in [1.807, 2.05) is 37.5 Å². The number of rotatable bonds is 4. The smallest absolute Gasteiger partial charge is 0.336 e. The van der Waals surface area contributed by atoms with E-state index < -0.39 is 23.8 Å². The van der Waals surface area contributed by atoms with Gasteiger partial charge in [0.1, 0.15) is 5.57 Å². The molecule has 1 aliphatic heterocycles. The Kier molecular flexibility index (Phi) is 5.66. The summed E-state index contributed by atoms with van der Waals surface area (Å²) in [4.78, 5) is 50.7. The highest BCUT2D eigenvalue weighted by atomic mass is 16.4. The summed E-state index contributed by atoms with van der Waals surface area (Å²) >= 11 is 0. The van der Waals surface area contributed by atoms with E-state index in [-0.39, 0.29) is 11.1 Å². The normalized spacial score (nSPS) is 15.1. The predicted octanol–water partition coefficient (Wildman–Crippen LogP) is 4.08. The lowest BCUT2D eigenvalue weighted by molar-refractivity contribution is -0.122. The first kappa shape index (κ1) is 22.7. The molecule has 1 aliphatic rings. The molecule has 2 heterocycles. The van der Waals surface area contributed by atoms with Crippen molar-refractivity contribution >= 4 is 35.6 Å². The SMILES string of the molecule is Cc1ccc(N2C(=O)NC(=O)/C(=C\c3cc(C)n(-c4cccc(C(=O)O)c4C)c3C)C2=O)cc1. The van der Waals surface area contributed by atoms with Gasteiger partial charge in [-0.05, 0) is 75.2 Å². The van der Waals surface area contributed by atoms with Gasteiger partial charge in [-0.1, -0.05) is 23.8 Å². The molecule has 0 aliphatic carbocycles. The summed E-state index contributed by atoms with van der Waals surface area (Å²) in [5.41, 5.74) is 4.76. The molecule has 4 amide bonds. The second-order valence-electron chi connectivity index (χ2n) is 8.21. The zero-order valence-electron chi connectivity index (χ0n) is 19.2. The summed E-state index contributed by atoms with van der Waals surface area (Å²) in [6.45, 7) is 7.30. The molecule has 3 aromatic rings. The zero-order chi connectivity index (χ0) is 24.7. The molecule has 172 valence electrons. The Morgan fingerprint density at radius 2 is 1.65 bits per heavy atom. The minimum absolute atomic E-state index is 0.170. The standard InChI is InChI=1S/C26H23N3O5/c1-14-8-10-19(11-9-14)29-24(31)21(23(30)27-26(29)34)13-18-12-15(2)28(17(18)4)22-7-5-6-20(16(22)3)25(32)33/h5-13H,1-4H3,(H,32,33)(H,27,30,34)/b21-13+. The van der Waals surface area contributed by atoms with Crippen molar-refractivity contribution in [2.24, 2.45) is 0 Å². The van der Waals surface area contributed by atoms with Crippen LogP contribution >= 0.6 is 0 Å². The van der Waals surface area contributed by atoms with Crippen LogP contribution in [0.5, 0.6) is 0 Å². The monoisotopic (exact) mass is 457 g/mol. The summed E-state index contributed by atoms with van der Waals surface area (Å²) in [6, 6.07) is 12.9. The fourth-order valence-corrected chi connectivity index (χ4v) is 4.14. The average molecular weight is 457 g/mol. The fraction of sp³-hybridized carbons (Fsp3) is 0.154. The second kappa shape index (κ2) is 8.47. The van der Waals surface area contributed by atoms with E-state index in [4.69, 9.17) is 0 Å². The second-order valence-corrected chi connectivity index (χ2v) is 8.21. The van der Waals surface area contributed by atoms with Crippen molar-refractivity contribution < 1.29 is 24.3 Å². The molecule has 0 bridgehead atoms. The highest BCUT2D eigenvalue weighted by Gasteiger charge is 2.37. The summed E-state index contributed by atoms with van der Waals surface area (Å²) in [5, 5.41) is 11.7. The molecule has 0 unspecified atom stereocenters. The van der Waals surface area contributed by atoms with Gasteiger partial charge in [0, 0.05) is 17.1 Å². The number of amides is 4. The van der Waals surface area contributed by atoms with Gasteiger partial charge in [-0.3, -0.25) is 14.9 Å². The van der Waals surface area contributed by atoms with Crippen LogP contribution in [0.15, 0.2) is 54.1 Å². The van der Waals surface area contributed by atoms with Gasteiger partial charge in [-0.2, -0.15) is 0 Å². The lowest BCUT2D eigenvalue weighted by atomic mass is 10.1. The number of aromatic nitrogens is 1. The molecule has 0 spiro atoms. The van der Waals surface area contributed by atoms with Crippen molar-refractivity contribution in [1.29, 1.82) is 0 Å². The first-order valence-electron chi connectivity index (χ1n) is 10.6. The minimum atomic E-state index is -1.02. The lowest BCUT2D eigenvalue weighted by Gasteiger charge is -2.26. The van der Waals surface area contributed by atoms with Crippen LogP contribution < -0.4 is 10.2 Å². The first-order chi connectivity index (χ1) is 16.1. The topological polar surface area (TPSA) is 109 Å². The van der Waals surface area contributed by atoms with Gasteiger partial charge in [0.2, 0.25) is 0 Å². The maximum absolute atomic E-state index is 13.2. The Labute approximate surface area is 196 Å². The van der Waals surface area contributed by atoms with E-state index in [1.165, 1.54) is 6.08 Å². The molecule has 34 heavy (non-hydrogen) atoms. The Balaban J connectivity index is 1.79. The Hall–Kier alpha value is -4.46. The van der Waals surface area contributed by atoms with Crippen LogP contribution in [0.3, 0.4) is 0 Å². The fourth-order valence-electron chi connectivity index (χ4n) is 4.14. The quantitative estimate of drug-likeness (QED) is 0.453.